The van der Waals surface area contributed by atoms with Crippen LogP contribution in [0.4, 0.5) is 0 Å². The summed E-state index contributed by atoms with van der Waals surface area (Å²) in [7, 11) is 0. The SMILES string of the molecule is N#CCCC12CCCC(CCC1)C2. The zero-order valence-electron chi connectivity index (χ0n) is 8.39. The van der Waals surface area contributed by atoms with Crippen LogP contribution in [-0.2, 0) is 0 Å². The van der Waals surface area contributed by atoms with Gasteiger partial charge in [0, 0.05) is 6.42 Å². The van der Waals surface area contributed by atoms with Crippen LogP contribution in [0.2, 0.25) is 0 Å². The van der Waals surface area contributed by atoms with Crippen molar-refractivity contribution >= 4 is 0 Å². The van der Waals surface area contributed by atoms with Gasteiger partial charge in [-0.1, -0.05) is 25.7 Å². The number of hydrogen-bond acceptors (Lipinski definition) is 1. The van der Waals surface area contributed by atoms with Crippen LogP contribution in [0.3, 0.4) is 0 Å². The van der Waals surface area contributed by atoms with E-state index in [-0.39, 0.29) is 0 Å². The smallest absolute Gasteiger partial charge is 0.0621 e. The quantitative estimate of drug-likeness (QED) is 0.631. The van der Waals surface area contributed by atoms with Crippen molar-refractivity contribution in [1.82, 2.24) is 0 Å². The standard InChI is InChI=1S/C12H19N/c13-9-3-8-12-6-1-4-11(10-12)5-2-7-12/h11H,1-8,10H2. The molecule has 2 bridgehead atoms. The molecule has 72 valence electrons. The second-order valence-electron chi connectivity index (χ2n) is 5.01. The Balaban J connectivity index is 1.98. The lowest BCUT2D eigenvalue weighted by Gasteiger charge is -2.45. The largest absolute Gasteiger partial charge is 0.198 e. The van der Waals surface area contributed by atoms with Gasteiger partial charge in [0.15, 0.2) is 0 Å². The van der Waals surface area contributed by atoms with Crippen molar-refractivity contribution in [2.75, 3.05) is 0 Å². The summed E-state index contributed by atoms with van der Waals surface area (Å²) in [4.78, 5) is 0. The van der Waals surface area contributed by atoms with Crippen LogP contribution in [0, 0.1) is 22.7 Å². The number of rotatable bonds is 2. The first-order valence-electron chi connectivity index (χ1n) is 5.72. The molecular formula is C12H19N. The van der Waals surface area contributed by atoms with Gasteiger partial charge in [-0.05, 0) is 37.0 Å². The van der Waals surface area contributed by atoms with E-state index in [1.165, 1.54) is 51.4 Å². The number of nitriles is 1. The summed E-state index contributed by atoms with van der Waals surface area (Å²) in [6.45, 7) is 0. The number of fused-ring (bicyclic) bond motifs is 2. The molecule has 2 fully saturated rings. The van der Waals surface area contributed by atoms with Crippen LogP contribution in [0.15, 0.2) is 0 Å². The van der Waals surface area contributed by atoms with Crippen molar-refractivity contribution in [2.24, 2.45) is 11.3 Å². The molecule has 0 amide bonds. The summed E-state index contributed by atoms with van der Waals surface area (Å²) < 4.78 is 0. The molecule has 2 rings (SSSR count). The molecule has 1 nitrogen and oxygen atoms in total. The molecular weight excluding hydrogens is 158 g/mol. The Bertz CT molecular complexity index is 204. The fraction of sp³-hybridized carbons (Fsp3) is 0.917. The minimum Gasteiger partial charge on any atom is -0.198 e. The van der Waals surface area contributed by atoms with E-state index in [9.17, 15) is 0 Å². The first-order valence-corrected chi connectivity index (χ1v) is 5.72. The second-order valence-corrected chi connectivity index (χ2v) is 5.01. The predicted octanol–water partition coefficient (Wildman–Crippen LogP) is 3.65. The molecule has 0 aromatic rings. The molecule has 0 saturated heterocycles. The van der Waals surface area contributed by atoms with E-state index < -0.39 is 0 Å². The van der Waals surface area contributed by atoms with Gasteiger partial charge in [0.1, 0.15) is 0 Å². The molecule has 0 N–H and O–H groups in total. The third-order valence-electron chi connectivity index (χ3n) is 4.13. The van der Waals surface area contributed by atoms with Gasteiger partial charge in [0.25, 0.3) is 0 Å². The first-order chi connectivity index (χ1) is 6.35. The zero-order valence-corrected chi connectivity index (χ0v) is 8.39. The lowest BCUT2D eigenvalue weighted by molar-refractivity contribution is 0.0698. The Labute approximate surface area is 81.1 Å². The minimum atomic E-state index is 0.608. The summed E-state index contributed by atoms with van der Waals surface area (Å²) in [6, 6.07) is 2.31. The van der Waals surface area contributed by atoms with E-state index in [0.29, 0.717) is 5.41 Å². The van der Waals surface area contributed by atoms with Gasteiger partial charge in [-0.15, -0.1) is 0 Å². The molecule has 2 aliphatic rings. The Kier molecular flexibility index (Phi) is 2.58. The van der Waals surface area contributed by atoms with Gasteiger partial charge in [-0.25, -0.2) is 0 Å². The summed E-state index contributed by atoms with van der Waals surface area (Å²) >= 11 is 0. The second kappa shape index (κ2) is 3.70. The van der Waals surface area contributed by atoms with E-state index in [0.717, 1.165) is 12.3 Å². The summed E-state index contributed by atoms with van der Waals surface area (Å²) in [5, 5.41) is 8.64. The maximum atomic E-state index is 8.64. The molecule has 0 aromatic carbocycles. The fourth-order valence-electron chi connectivity index (χ4n) is 3.49. The van der Waals surface area contributed by atoms with E-state index in [2.05, 4.69) is 6.07 Å². The Morgan fingerprint density at radius 3 is 2.54 bits per heavy atom. The highest BCUT2D eigenvalue weighted by molar-refractivity contribution is 4.92. The molecule has 1 heteroatoms. The van der Waals surface area contributed by atoms with Crippen molar-refractivity contribution in [3.05, 3.63) is 0 Å². The molecule has 0 heterocycles. The van der Waals surface area contributed by atoms with Crippen molar-refractivity contribution < 1.29 is 0 Å². The maximum Gasteiger partial charge on any atom is 0.0621 e. The first kappa shape index (κ1) is 9.06. The number of hydrogen-bond donors (Lipinski definition) is 0. The molecule has 0 aromatic heterocycles. The van der Waals surface area contributed by atoms with Gasteiger partial charge in [0.05, 0.1) is 6.07 Å². The van der Waals surface area contributed by atoms with Crippen LogP contribution in [0.25, 0.3) is 0 Å². The van der Waals surface area contributed by atoms with E-state index >= 15 is 0 Å². The lowest BCUT2D eigenvalue weighted by Crippen LogP contribution is -2.32. The molecule has 0 radical (unpaired) electrons. The molecule has 0 aliphatic heterocycles. The molecule has 0 atom stereocenters. The third-order valence-corrected chi connectivity index (χ3v) is 4.13. The predicted molar refractivity (Wildman–Crippen MR) is 53.1 cm³/mol. The van der Waals surface area contributed by atoms with Gasteiger partial charge in [-0.3, -0.25) is 0 Å². The van der Waals surface area contributed by atoms with Gasteiger partial charge in [0.2, 0.25) is 0 Å². The van der Waals surface area contributed by atoms with Crippen LogP contribution in [0.1, 0.15) is 57.8 Å². The minimum absolute atomic E-state index is 0.608. The number of nitrogens with zero attached hydrogens (tertiary/aromatic N) is 1. The summed E-state index contributed by atoms with van der Waals surface area (Å²) in [6.07, 6.45) is 12.0. The van der Waals surface area contributed by atoms with Gasteiger partial charge >= 0.3 is 0 Å². The average molecular weight is 177 g/mol. The van der Waals surface area contributed by atoms with Crippen molar-refractivity contribution in [3.63, 3.8) is 0 Å². The average Bonchev–Trinajstić information content (AvgIpc) is 2.15. The van der Waals surface area contributed by atoms with Crippen molar-refractivity contribution in [1.29, 1.82) is 5.26 Å². The molecule has 13 heavy (non-hydrogen) atoms. The Morgan fingerprint density at radius 1 is 1.23 bits per heavy atom. The fourth-order valence-corrected chi connectivity index (χ4v) is 3.49. The van der Waals surface area contributed by atoms with E-state index in [1.807, 2.05) is 0 Å². The summed E-state index contributed by atoms with van der Waals surface area (Å²) in [5.41, 5.74) is 0.608. The van der Waals surface area contributed by atoms with E-state index in [1.54, 1.807) is 0 Å². The Morgan fingerprint density at radius 2 is 1.92 bits per heavy atom. The zero-order chi connectivity index (χ0) is 9.15. The van der Waals surface area contributed by atoms with E-state index in [4.69, 9.17) is 5.26 Å². The van der Waals surface area contributed by atoms with Gasteiger partial charge in [-0.2, -0.15) is 5.26 Å². The highest BCUT2D eigenvalue weighted by atomic mass is 14.4. The molecule has 2 aliphatic carbocycles. The molecule has 0 unspecified atom stereocenters. The lowest BCUT2D eigenvalue weighted by atomic mass is 9.60. The molecule has 0 spiro atoms. The normalized spacial score (nSPS) is 38.2. The van der Waals surface area contributed by atoms with Crippen LogP contribution < -0.4 is 0 Å². The molecule has 2 saturated carbocycles. The monoisotopic (exact) mass is 177 g/mol. The van der Waals surface area contributed by atoms with Crippen molar-refractivity contribution in [2.45, 2.75) is 57.8 Å². The van der Waals surface area contributed by atoms with Crippen LogP contribution in [0.5, 0.6) is 0 Å². The maximum absolute atomic E-state index is 8.64. The third kappa shape index (κ3) is 1.88. The highest BCUT2D eigenvalue weighted by Gasteiger charge is 2.38. The van der Waals surface area contributed by atoms with Gasteiger partial charge < -0.3 is 0 Å². The Hall–Kier alpha value is -0.510. The van der Waals surface area contributed by atoms with Crippen LogP contribution >= 0.6 is 0 Å². The van der Waals surface area contributed by atoms with Crippen LogP contribution in [-0.4, -0.2) is 0 Å². The van der Waals surface area contributed by atoms with Crippen molar-refractivity contribution in [3.8, 4) is 6.07 Å². The highest BCUT2D eigenvalue weighted by Crippen LogP contribution is 2.51. The topological polar surface area (TPSA) is 23.8 Å². The summed E-state index contributed by atoms with van der Waals surface area (Å²) in [5.74, 6) is 1.01.